The van der Waals surface area contributed by atoms with Gasteiger partial charge in [-0.3, -0.25) is 9.10 Å². The number of aryl methyl sites for hydroxylation is 2. The van der Waals surface area contributed by atoms with Crippen LogP contribution in [-0.2, 0) is 14.8 Å². The van der Waals surface area contributed by atoms with Crippen LogP contribution in [0.25, 0.3) is 0 Å². The summed E-state index contributed by atoms with van der Waals surface area (Å²) in [6.45, 7) is 4.07. The maximum Gasteiger partial charge on any atom is 0.232 e. The second kappa shape index (κ2) is 9.35. The number of hydrogen-bond donors (Lipinski definition) is 1. The van der Waals surface area contributed by atoms with Gasteiger partial charge in [-0.15, -0.1) is 0 Å². The first-order chi connectivity index (χ1) is 13.0. The van der Waals surface area contributed by atoms with Gasteiger partial charge in [0.25, 0.3) is 0 Å². The van der Waals surface area contributed by atoms with E-state index < -0.39 is 10.0 Å². The van der Waals surface area contributed by atoms with Crippen molar-refractivity contribution in [1.29, 1.82) is 0 Å². The first-order valence-corrected chi connectivity index (χ1v) is 11.5. The molecule has 0 spiro atoms. The van der Waals surface area contributed by atoms with E-state index in [1.54, 1.807) is 6.07 Å². The number of nitrogens with zero attached hydrogens (tertiary/aromatic N) is 1. The predicted molar refractivity (Wildman–Crippen MR) is 117 cm³/mol. The Kier molecular flexibility index (Phi) is 7.62. The van der Waals surface area contributed by atoms with Gasteiger partial charge in [0, 0.05) is 13.0 Å². The van der Waals surface area contributed by atoms with Crippen LogP contribution in [0, 0.1) is 13.8 Å². The molecule has 2 rings (SSSR count). The third-order valence-electron chi connectivity index (χ3n) is 4.23. The van der Waals surface area contributed by atoms with Crippen molar-refractivity contribution < 1.29 is 13.2 Å². The van der Waals surface area contributed by atoms with Gasteiger partial charge in [-0.1, -0.05) is 40.9 Å². The number of anilines is 2. The molecule has 2 aromatic carbocycles. The van der Waals surface area contributed by atoms with Gasteiger partial charge in [-0.2, -0.15) is 0 Å². The van der Waals surface area contributed by atoms with Crippen LogP contribution in [0.15, 0.2) is 30.3 Å². The molecule has 0 saturated carbocycles. The lowest BCUT2D eigenvalue weighted by molar-refractivity contribution is -0.116. The van der Waals surface area contributed by atoms with E-state index in [2.05, 4.69) is 5.32 Å². The minimum Gasteiger partial charge on any atom is -0.325 e. The molecule has 28 heavy (non-hydrogen) atoms. The Bertz CT molecular complexity index is 994. The summed E-state index contributed by atoms with van der Waals surface area (Å²) in [4.78, 5) is 12.2. The number of amides is 1. The monoisotopic (exact) mass is 462 g/mol. The highest BCUT2D eigenvalue weighted by Gasteiger charge is 2.18. The minimum absolute atomic E-state index is 0.118. The number of rotatable bonds is 7. The number of sulfonamides is 1. The maximum absolute atomic E-state index is 12.2. The summed E-state index contributed by atoms with van der Waals surface area (Å²) in [5.41, 5.74) is 3.02. The van der Waals surface area contributed by atoms with Crippen LogP contribution in [0.5, 0.6) is 0 Å². The molecule has 5 nitrogen and oxygen atoms in total. The molecule has 2 aromatic rings. The van der Waals surface area contributed by atoms with E-state index in [9.17, 15) is 13.2 Å². The Morgan fingerprint density at radius 3 is 2.25 bits per heavy atom. The summed E-state index contributed by atoms with van der Waals surface area (Å²) >= 11 is 17.9. The largest absolute Gasteiger partial charge is 0.325 e. The summed E-state index contributed by atoms with van der Waals surface area (Å²) < 4.78 is 25.7. The number of carbonyl (C=O) groups is 1. The third kappa shape index (κ3) is 6.01. The van der Waals surface area contributed by atoms with Crippen LogP contribution >= 0.6 is 34.8 Å². The molecule has 9 heteroatoms. The number of nitrogens with one attached hydrogen (secondary N) is 1. The summed E-state index contributed by atoms with van der Waals surface area (Å²) in [6.07, 6.45) is 1.61. The van der Waals surface area contributed by atoms with Crippen LogP contribution < -0.4 is 9.62 Å². The van der Waals surface area contributed by atoms with E-state index in [1.807, 2.05) is 26.0 Å². The zero-order valence-electron chi connectivity index (χ0n) is 15.7. The number of carbonyl (C=O) groups excluding carboxylic acids is 1. The zero-order chi connectivity index (χ0) is 21.1. The molecule has 1 N–H and O–H groups in total. The van der Waals surface area contributed by atoms with E-state index in [1.165, 1.54) is 16.4 Å². The Balaban J connectivity index is 2.03. The van der Waals surface area contributed by atoms with Crippen LogP contribution in [-0.4, -0.2) is 27.1 Å². The molecule has 0 atom stereocenters. The van der Waals surface area contributed by atoms with Crippen molar-refractivity contribution >= 4 is 62.1 Å². The van der Waals surface area contributed by atoms with Crippen molar-refractivity contribution in [3.63, 3.8) is 0 Å². The van der Waals surface area contributed by atoms with Crippen LogP contribution in [0.1, 0.15) is 24.0 Å². The van der Waals surface area contributed by atoms with E-state index in [0.29, 0.717) is 22.8 Å². The minimum atomic E-state index is -3.47. The van der Waals surface area contributed by atoms with Gasteiger partial charge < -0.3 is 5.32 Å². The Labute approximate surface area is 180 Å². The highest BCUT2D eigenvalue weighted by Crippen LogP contribution is 2.32. The standard InChI is InChI=1S/C19H21Cl3N2O3S/c1-12-6-7-14(9-13(12)2)24(28(3,26)27)8-4-5-19(25)23-18-11-16(21)15(20)10-17(18)22/h6-7,9-11H,4-5,8H2,1-3H3,(H,23,25). The topological polar surface area (TPSA) is 66.5 Å². The molecule has 0 saturated heterocycles. The Morgan fingerprint density at radius 2 is 1.64 bits per heavy atom. The summed E-state index contributed by atoms with van der Waals surface area (Å²) in [5, 5.41) is 3.51. The highest BCUT2D eigenvalue weighted by atomic mass is 35.5. The van der Waals surface area contributed by atoms with Crippen LogP contribution in [0.2, 0.25) is 15.1 Å². The van der Waals surface area contributed by atoms with E-state index in [0.717, 1.165) is 17.4 Å². The number of hydrogen-bond acceptors (Lipinski definition) is 3. The molecule has 0 aromatic heterocycles. The van der Waals surface area contributed by atoms with E-state index >= 15 is 0 Å². The van der Waals surface area contributed by atoms with Crippen LogP contribution in [0.3, 0.4) is 0 Å². The average Bonchev–Trinajstić information content (AvgIpc) is 2.58. The van der Waals surface area contributed by atoms with Crippen LogP contribution in [0.4, 0.5) is 11.4 Å². The Morgan fingerprint density at radius 1 is 1.00 bits per heavy atom. The molecule has 1 amide bonds. The first-order valence-electron chi connectivity index (χ1n) is 8.48. The van der Waals surface area contributed by atoms with Gasteiger partial charge in [0.1, 0.15) is 0 Å². The van der Waals surface area contributed by atoms with Crippen molar-refractivity contribution in [1.82, 2.24) is 0 Å². The summed E-state index contributed by atoms with van der Waals surface area (Å²) in [5.74, 6) is -0.297. The van der Waals surface area contributed by atoms with Crippen molar-refractivity contribution in [2.45, 2.75) is 26.7 Å². The molecule has 0 bridgehead atoms. The van der Waals surface area contributed by atoms with Gasteiger partial charge in [0.05, 0.1) is 32.7 Å². The molecule has 152 valence electrons. The second-order valence-electron chi connectivity index (χ2n) is 6.50. The highest BCUT2D eigenvalue weighted by molar-refractivity contribution is 7.92. The molecule has 0 aliphatic carbocycles. The fourth-order valence-corrected chi connectivity index (χ4v) is 4.13. The van der Waals surface area contributed by atoms with Crippen molar-refractivity contribution in [2.24, 2.45) is 0 Å². The lowest BCUT2D eigenvalue weighted by atomic mass is 10.1. The fraction of sp³-hybridized carbons (Fsp3) is 0.316. The van der Waals surface area contributed by atoms with Gasteiger partial charge in [-0.05, 0) is 55.7 Å². The van der Waals surface area contributed by atoms with Crippen molar-refractivity contribution in [3.05, 3.63) is 56.5 Å². The lowest BCUT2D eigenvalue weighted by Gasteiger charge is -2.23. The van der Waals surface area contributed by atoms with Crippen molar-refractivity contribution in [2.75, 3.05) is 22.4 Å². The smallest absolute Gasteiger partial charge is 0.232 e. The van der Waals surface area contributed by atoms with Crippen molar-refractivity contribution in [3.8, 4) is 0 Å². The lowest BCUT2D eigenvalue weighted by Crippen LogP contribution is -2.31. The van der Waals surface area contributed by atoms with E-state index in [-0.39, 0.29) is 28.9 Å². The van der Waals surface area contributed by atoms with Gasteiger partial charge >= 0.3 is 0 Å². The van der Waals surface area contributed by atoms with Gasteiger partial charge in [0.15, 0.2) is 0 Å². The predicted octanol–water partition coefficient (Wildman–Crippen LogP) is 5.45. The number of benzene rings is 2. The van der Waals surface area contributed by atoms with Gasteiger partial charge in [0.2, 0.25) is 15.9 Å². The molecule has 0 aliphatic heterocycles. The quantitative estimate of drug-likeness (QED) is 0.555. The zero-order valence-corrected chi connectivity index (χ0v) is 18.8. The molecular formula is C19H21Cl3N2O3S. The van der Waals surface area contributed by atoms with Gasteiger partial charge in [-0.25, -0.2) is 8.42 Å². The third-order valence-corrected chi connectivity index (χ3v) is 6.46. The molecule has 0 unspecified atom stereocenters. The molecule has 0 aliphatic rings. The SMILES string of the molecule is Cc1ccc(N(CCCC(=O)Nc2cc(Cl)c(Cl)cc2Cl)S(C)(=O)=O)cc1C. The molecule has 0 heterocycles. The maximum atomic E-state index is 12.2. The molecule has 0 fully saturated rings. The summed E-state index contributed by atoms with van der Waals surface area (Å²) in [7, 11) is -3.47. The Hall–Kier alpha value is -1.47. The fourth-order valence-electron chi connectivity index (χ4n) is 2.58. The molecule has 0 radical (unpaired) electrons. The summed E-state index contributed by atoms with van der Waals surface area (Å²) in [6, 6.07) is 8.39. The number of halogens is 3. The van der Waals surface area contributed by atoms with E-state index in [4.69, 9.17) is 34.8 Å². The normalized spacial score (nSPS) is 11.4. The first kappa shape index (κ1) is 22.8. The average molecular weight is 464 g/mol. The second-order valence-corrected chi connectivity index (χ2v) is 9.63. The molecular weight excluding hydrogens is 443 g/mol.